The molecule has 7 nitrogen and oxygen atoms in total. The van der Waals surface area contributed by atoms with Crippen molar-refractivity contribution in [3.8, 4) is 0 Å². The quantitative estimate of drug-likeness (QED) is 0.741. The molecule has 0 radical (unpaired) electrons. The number of aromatic nitrogens is 1. The van der Waals surface area contributed by atoms with Crippen LogP contribution in [0.2, 0.25) is 0 Å². The first-order chi connectivity index (χ1) is 9.29. The Morgan fingerprint density at radius 1 is 1.45 bits per heavy atom. The van der Waals surface area contributed by atoms with Crippen molar-refractivity contribution < 1.29 is 23.4 Å². The van der Waals surface area contributed by atoms with E-state index >= 15 is 0 Å². The first kappa shape index (κ1) is 15.0. The van der Waals surface area contributed by atoms with Crippen molar-refractivity contribution in [2.45, 2.75) is 42.7 Å². The van der Waals surface area contributed by atoms with Crippen molar-refractivity contribution in [1.82, 2.24) is 9.29 Å². The molecular formula is C12H18N2O5S. The normalized spacial score (nSPS) is 23.7. The summed E-state index contributed by atoms with van der Waals surface area (Å²) in [4.78, 5) is 10.9. The third-order valence-electron chi connectivity index (χ3n) is 3.48. The van der Waals surface area contributed by atoms with Crippen LogP contribution >= 0.6 is 0 Å². The van der Waals surface area contributed by atoms with Crippen LogP contribution in [-0.4, -0.2) is 41.3 Å². The van der Waals surface area contributed by atoms with Crippen LogP contribution in [0, 0.1) is 0 Å². The van der Waals surface area contributed by atoms with E-state index in [1.807, 2.05) is 0 Å². The van der Waals surface area contributed by atoms with Crippen molar-refractivity contribution in [1.29, 1.82) is 0 Å². The molecule has 0 saturated heterocycles. The van der Waals surface area contributed by atoms with Crippen LogP contribution in [0.15, 0.2) is 17.2 Å². The molecule has 20 heavy (non-hydrogen) atoms. The average molecular weight is 302 g/mol. The molecule has 1 saturated carbocycles. The Balaban J connectivity index is 2.18. The van der Waals surface area contributed by atoms with Gasteiger partial charge in [0.25, 0.3) is 0 Å². The summed E-state index contributed by atoms with van der Waals surface area (Å²) in [6.07, 6.45) is 3.30. The highest BCUT2D eigenvalue weighted by molar-refractivity contribution is 7.89. The van der Waals surface area contributed by atoms with Crippen LogP contribution in [0.25, 0.3) is 0 Å². The lowest BCUT2D eigenvalue weighted by Gasteiger charge is -2.26. The number of carboxylic acid groups (broad SMARTS) is 1. The topological polar surface area (TPSA) is 109 Å². The highest BCUT2D eigenvalue weighted by Crippen LogP contribution is 2.21. The fourth-order valence-corrected chi connectivity index (χ4v) is 3.80. The maximum absolute atomic E-state index is 12.2. The number of nitrogens with one attached hydrogen (secondary N) is 1. The van der Waals surface area contributed by atoms with Crippen LogP contribution in [0.5, 0.6) is 0 Å². The van der Waals surface area contributed by atoms with Gasteiger partial charge in [0.2, 0.25) is 10.0 Å². The van der Waals surface area contributed by atoms with Gasteiger partial charge >= 0.3 is 5.97 Å². The fourth-order valence-electron chi connectivity index (χ4n) is 2.45. The zero-order valence-electron chi connectivity index (χ0n) is 11.1. The summed E-state index contributed by atoms with van der Waals surface area (Å²) in [5.74, 6) is -1.18. The van der Waals surface area contributed by atoms with Gasteiger partial charge in [-0.3, -0.25) is 0 Å². The van der Waals surface area contributed by atoms with E-state index in [1.165, 1.54) is 17.8 Å². The molecule has 2 atom stereocenters. The second-order valence-corrected chi connectivity index (χ2v) is 6.83. The van der Waals surface area contributed by atoms with Crippen molar-refractivity contribution in [2.75, 3.05) is 0 Å². The molecule has 0 aliphatic heterocycles. The Hall–Kier alpha value is -1.38. The van der Waals surface area contributed by atoms with E-state index in [1.54, 1.807) is 0 Å². The van der Waals surface area contributed by atoms with E-state index in [0.29, 0.717) is 19.3 Å². The molecule has 1 aromatic rings. The minimum atomic E-state index is -3.76. The lowest BCUT2D eigenvalue weighted by molar-refractivity contribution is 0.0686. The van der Waals surface area contributed by atoms with E-state index in [9.17, 15) is 18.3 Å². The van der Waals surface area contributed by atoms with Gasteiger partial charge in [0.05, 0.1) is 6.10 Å². The second-order valence-electron chi connectivity index (χ2n) is 5.12. The summed E-state index contributed by atoms with van der Waals surface area (Å²) in [5.41, 5.74) is -0.0888. The first-order valence-corrected chi connectivity index (χ1v) is 7.88. The first-order valence-electron chi connectivity index (χ1n) is 6.39. The predicted octanol–water partition coefficient (Wildman–Crippen LogP) is 0.305. The number of aliphatic hydroxyl groups is 1. The summed E-state index contributed by atoms with van der Waals surface area (Å²) >= 11 is 0. The summed E-state index contributed by atoms with van der Waals surface area (Å²) < 4.78 is 28.2. The van der Waals surface area contributed by atoms with Crippen LogP contribution in [-0.2, 0) is 17.1 Å². The maximum Gasteiger partial charge on any atom is 0.352 e. The molecule has 2 rings (SSSR count). The third kappa shape index (κ3) is 3.20. The summed E-state index contributed by atoms with van der Waals surface area (Å²) in [6.45, 7) is 0. The van der Waals surface area contributed by atoms with Gasteiger partial charge in [0.1, 0.15) is 10.6 Å². The minimum Gasteiger partial charge on any atom is -0.477 e. The summed E-state index contributed by atoms with van der Waals surface area (Å²) in [6, 6.07) is 0.821. The van der Waals surface area contributed by atoms with Gasteiger partial charge in [-0.05, 0) is 31.7 Å². The van der Waals surface area contributed by atoms with Crippen molar-refractivity contribution >= 4 is 16.0 Å². The maximum atomic E-state index is 12.2. The number of aliphatic hydroxyl groups excluding tert-OH is 1. The molecule has 1 fully saturated rings. The molecule has 0 aromatic carbocycles. The molecule has 8 heteroatoms. The van der Waals surface area contributed by atoms with Crippen LogP contribution in [0.1, 0.15) is 36.2 Å². The number of rotatable bonds is 4. The molecule has 0 spiro atoms. The average Bonchev–Trinajstić information content (AvgIpc) is 2.71. The Bertz CT molecular complexity index is 607. The molecule has 1 aliphatic rings. The highest BCUT2D eigenvalue weighted by atomic mass is 32.2. The van der Waals surface area contributed by atoms with E-state index in [2.05, 4.69) is 4.72 Å². The van der Waals surface area contributed by atoms with Crippen LogP contribution in [0.3, 0.4) is 0 Å². The van der Waals surface area contributed by atoms with Crippen LogP contribution < -0.4 is 4.72 Å². The standard InChI is InChI=1S/C12H18N2O5S/c1-14-7-10(6-11(14)12(16)17)20(18,19)13-8-3-2-4-9(15)5-8/h6-9,13,15H,2-5H2,1H3,(H,16,17). The number of aryl methyl sites for hydroxylation is 1. The second kappa shape index (κ2) is 5.55. The number of hydrogen-bond donors (Lipinski definition) is 3. The zero-order valence-corrected chi connectivity index (χ0v) is 11.9. The highest BCUT2D eigenvalue weighted by Gasteiger charge is 2.27. The molecule has 0 bridgehead atoms. The van der Waals surface area contributed by atoms with Crippen molar-refractivity contribution in [3.05, 3.63) is 18.0 Å². The number of sulfonamides is 1. The lowest BCUT2D eigenvalue weighted by atomic mass is 9.94. The molecule has 2 unspecified atom stereocenters. The van der Waals surface area contributed by atoms with Gasteiger partial charge in [-0.25, -0.2) is 17.9 Å². The SMILES string of the molecule is Cn1cc(S(=O)(=O)NC2CCCC(O)C2)cc1C(=O)O. The van der Waals surface area contributed by atoms with Gasteiger partial charge in [-0.1, -0.05) is 0 Å². The van der Waals surface area contributed by atoms with E-state index in [-0.39, 0.29) is 16.6 Å². The smallest absolute Gasteiger partial charge is 0.352 e. The number of aromatic carboxylic acids is 1. The molecule has 3 N–H and O–H groups in total. The molecule has 1 aliphatic carbocycles. The van der Waals surface area contributed by atoms with Gasteiger partial charge in [0.15, 0.2) is 0 Å². The Labute approximate surface area is 117 Å². The van der Waals surface area contributed by atoms with Crippen LogP contribution in [0.4, 0.5) is 0 Å². The summed E-state index contributed by atoms with van der Waals surface area (Å²) in [5, 5.41) is 18.5. The van der Waals surface area contributed by atoms with Gasteiger partial charge < -0.3 is 14.8 Å². The number of carbonyl (C=O) groups is 1. The van der Waals surface area contributed by atoms with Gasteiger partial charge in [-0.15, -0.1) is 0 Å². The third-order valence-corrected chi connectivity index (χ3v) is 4.97. The van der Waals surface area contributed by atoms with Gasteiger partial charge in [0, 0.05) is 19.3 Å². The fraction of sp³-hybridized carbons (Fsp3) is 0.583. The molecule has 0 amide bonds. The number of hydrogen-bond acceptors (Lipinski definition) is 4. The number of carboxylic acids is 1. The predicted molar refractivity (Wildman–Crippen MR) is 71.0 cm³/mol. The Morgan fingerprint density at radius 3 is 2.70 bits per heavy atom. The van der Waals surface area contributed by atoms with E-state index < -0.39 is 22.1 Å². The lowest BCUT2D eigenvalue weighted by Crippen LogP contribution is -2.39. The van der Waals surface area contributed by atoms with E-state index in [0.717, 1.165) is 12.5 Å². The zero-order chi connectivity index (χ0) is 14.9. The Kier molecular flexibility index (Phi) is 4.17. The Morgan fingerprint density at radius 2 is 2.15 bits per heavy atom. The minimum absolute atomic E-state index is 0.0718. The largest absolute Gasteiger partial charge is 0.477 e. The van der Waals surface area contributed by atoms with Crippen molar-refractivity contribution in [3.63, 3.8) is 0 Å². The molecular weight excluding hydrogens is 284 g/mol. The summed E-state index contributed by atoms with van der Waals surface area (Å²) in [7, 11) is -2.28. The molecule has 1 heterocycles. The van der Waals surface area contributed by atoms with Crippen molar-refractivity contribution in [2.24, 2.45) is 7.05 Å². The molecule has 112 valence electrons. The monoisotopic (exact) mass is 302 g/mol. The van der Waals surface area contributed by atoms with E-state index in [4.69, 9.17) is 5.11 Å². The number of nitrogens with zero attached hydrogens (tertiary/aromatic N) is 1. The van der Waals surface area contributed by atoms with Gasteiger partial charge in [-0.2, -0.15) is 0 Å². The molecule has 1 aromatic heterocycles.